The predicted octanol–water partition coefficient (Wildman–Crippen LogP) is 1.50. The Kier molecular flexibility index (Phi) is 4.85. The number of fused-ring (bicyclic) bond motifs is 2. The lowest BCUT2D eigenvalue weighted by molar-refractivity contribution is -0.128. The van der Waals surface area contributed by atoms with Crippen LogP contribution in [0.25, 0.3) is 0 Å². The minimum absolute atomic E-state index is 0.0564. The van der Waals surface area contributed by atoms with E-state index in [1.165, 1.54) is 0 Å². The van der Waals surface area contributed by atoms with Gasteiger partial charge in [0.05, 0.1) is 18.1 Å². The van der Waals surface area contributed by atoms with Crippen LogP contribution in [0.2, 0.25) is 0 Å². The minimum Gasteiger partial charge on any atom is -0.371 e. The van der Waals surface area contributed by atoms with E-state index < -0.39 is 0 Å². The van der Waals surface area contributed by atoms with Crippen molar-refractivity contribution in [3.05, 3.63) is 0 Å². The summed E-state index contributed by atoms with van der Waals surface area (Å²) in [5, 5.41) is 3.05. The molecule has 2 saturated heterocycles. The summed E-state index contributed by atoms with van der Waals surface area (Å²) in [7, 11) is 0. The quantitative estimate of drug-likeness (QED) is 0.821. The van der Waals surface area contributed by atoms with Gasteiger partial charge < -0.3 is 10.1 Å². The van der Waals surface area contributed by atoms with Gasteiger partial charge in [0, 0.05) is 26.2 Å². The Bertz CT molecular complexity index is 317. The largest absolute Gasteiger partial charge is 0.371 e. The first kappa shape index (κ1) is 14.8. The summed E-state index contributed by atoms with van der Waals surface area (Å²) >= 11 is 0. The molecule has 2 aliphatic rings. The zero-order chi connectivity index (χ0) is 14.0. The van der Waals surface area contributed by atoms with E-state index in [1.807, 2.05) is 0 Å². The highest BCUT2D eigenvalue weighted by molar-refractivity contribution is 5.79. The van der Waals surface area contributed by atoms with Crippen molar-refractivity contribution in [3.8, 4) is 0 Å². The molecule has 2 aliphatic heterocycles. The molecule has 19 heavy (non-hydrogen) atoms. The maximum Gasteiger partial charge on any atom is 0.225 e. The van der Waals surface area contributed by atoms with Crippen LogP contribution in [-0.2, 0) is 9.53 Å². The molecule has 3 atom stereocenters. The minimum atomic E-state index is 0.0564. The fraction of sp³-hybridized carbons (Fsp3) is 0.933. The van der Waals surface area contributed by atoms with E-state index in [0.29, 0.717) is 11.8 Å². The second-order valence-electron chi connectivity index (χ2n) is 6.89. The molecule has 0 aromatic carbocycles. The van der Waals surface area contributed by atoms with Gasteiger partial charge in [-0.05, 0) is 18.3 Å². The lowest BCUT2D eigenvalue weighted by Crippen LogP contribution is -2.46. The Morgan fingerprint density at radius 3 is 2.63 bits per heavy atom. The second kappa shape index (κ2) is 6.23. The first-order valence-electron chi connectivity index (χ1n) is 7.61. The summed E-state index contributed by atoms with van der Waals surface area (Å²) in [4.78, 5) is 14.7. The molecule has 1 amide bonds. The molecule has 0 aromatic heterocycles. The molecule has 2 rings (SSSR count). The normalized spacial score (nSPS) is 31.2. The maximum absolute atomic E-state index is 12.2. The molecule has 0 saturated carbocycles. The van der Waals surface area contributed by atoms with Crippen molar-refractivity contribution in [2.24, 2.45) is 17.8 Å². The second-order valence-corrected chi connectivity index (χ2v) is 6.89. The zero-order valence-corrected chi connectivity index (χ0v) is 12.7. The molecule has 1 N–H and O–H groups in total. The van der Waals surface area contributed by atoms with Gasteiger partial charge in [0.15, 0.2) is 0 Å². The highest BCUT2D eigenvalue weighted by Crippen LogP contribution is 2.32. The summed E-state index contributed by atoms with van der Waals surface area (Å²) in [6.45, 7) is 12.5. The molecule has 0 unspecified atom stereocenters. The van der Waals surface area contributed by atoms with Crippen molar-refractivity contribution in [2.45, 2.75) is 46.3 Å². The van der Waals surface area contributed by atoms with E-state index in [1.54, 1.807) is 0 Å². The Labute approximate surface area is 116 Å². The maximum atomic E-state index is 12.2. The van der Waals surface area contributed by atoms with Crippen LogP contribution < -0.4 is 5.32 Å². The highest BCUT2D eigenvalue weighted by Gasteiger charge is 2.44. The van der Waals surface area contributed by atoms with Gasteiger partial charge in [-0.25, -0.2) is 0 Å². The Balaban J connectivity index is 1.87. The van der Waals surface area contributed by atoms with Crippen LogP contribution in [0, 0.1) is 17.8 Å². The van der Waals surface area contributed by atoms with Crippen molar-refractivity contribution >= 4 is 5.91 Å². The summed E-state index contributed by atoms with van der Waals surface area (Å²) in [5.74, 6) is 1.42. The van der Waals surface area contributed by atoms with Crippen molar-refractivity contribution in [3.63, 3.8) is 0 Å². The first-order chi connectivity index (χ1) is 8.95. The summed E-state index contributed by atoms with van der Waals surface area (Å²) in [5.41, 5.74) is 0. The number of nitrogens with zero attached hydrogens (tertiary/aromatic N) is 1. The molecule has 2 heterocycles. The van der Waals surface area contributed by atoms with Gasteiger partial charge in [0.1, 0.15) is 0 Å². The lowest BCUT2D eigenvalue weighted by Gasteiger charge is -2.33. The third-order valence-corrected chi connectivity index (χ3v) is 3.88. The first-order valence-corrected chi connectivity index (χ1v) is 7.61. The Morgan fingerprint density at radius 1 is 1.26 bits per heavy atom. The summed E-state index contributed by atoms with van der Waals surface area (Å²) in [6.07, 6.45) is 1.25. The van der Waals surface area contributed by atoms with Gasteiger partial charge in [-0.3, -0.25) is 9.69 Å². The number of carbonyl (C=O) groups is 1. The average Bonchev–Trinajstić information content (AvgIpc) is 2.60. The SMILES string of the molecule is CC(C)CNC(=O)[C@@H]1C[C@H]2CN(CC(C)C)C[C@@H]1O2. The topological polar surface area (TPSA) is 41.6 Å². The van der Waals surface area contributed by atoms with Crippen molar-refractivity contribution < 1.29 is 9.53 Å². The van der Waals surface area contributed by atoms with Crippen LogP contribution in [0.4, 0.5) is 0 Å². The van der Waals surface area contributed by atoms with Crippen LogP contribution in [0.3, 0.4) is 0 Å². The molecule has 4 heteroatoms. The number of morpholine rings is 1. The summed E-state index contributed by atoms with van der Waals surface area (Å²) < 4.78 is 5.95. The average molecular weight is 268 g/mol. The number of ether oxygens (including phenoxy) is 1. The van der Waals surface area contributed by atoms with E-state index >= 15 is 0 Å². The molecule has 0 spiro atoms. The molecule has 110 valence electrons. The number of hydrogen-bond acceptors (Lipinski definition) is 3. The molecular weight excluding hydrogens is 240 g/mol. The fourth-order valence-electron chi connectivity index (χ4n) is 3.11. The number of carbonyl (C=O) groups excluding carboxylic acids is 1. The van der Waals surface area contributed by atoms with Crippen LogP contribution in [-0.4, -0.2) is 49.2 Å². The number of rotatable bonds is 5. The van der Waals surface area contributed by atoms with Crippen molar-refractivity contribution in [2.75, 3.05) is 26.2 Å². The monoisotopic (exact) mass is 268 g/mol. The molecule has 2 bridgehead atoms. The lowest BCUT2D eigenvalue weighted by atomic mass is 9.99. The third-order valence-electron chi connectivity index (χ3n) is 3.88. The van der Waals surface area contributed by atoms with Crippen LogP contribution in [0.1, 0.15) is 34.1 Å². The van der Waals surface area contributed by atoms with Gasteiger partial charge in [-0.15, -0.1) is 0 Å². The zero-order valence-electron chi connectivity index (χ0n) is 12.7. The number of amides is 1. The molecular formula is C15H28N2O2. The number of nitrogens with one attached hydrogen (secondary N) is 1. The van der Waals surface area contributed by atoms with E-state index in [0.717, 1.165) is 32.6 Å². The molecule has 2 fully saturated rings. The molecule has 0 aliphatic carbocycles. The van der Waals surface area contributed by atoms with Gasteiger partial charge in [-0.2, -0.15) is 0 Å². The molecule has 0 radical (unpaired) electrons. The number of likely N-dealkylation sites (tertiary alicyclic amines) is 1. The molecule has 4 nitrogen and oxygen atoms in total. The third kappa shape index (κ3) is 3.93. The van der Waals surface area contributed by atoms with Gasteiger partial charge in [-0.1, -0.05) is 27.7 Å². The number of hydrogen-bond donors (Lipinski definition) is 1. The van der Waals surface area contributed by atoms with Crippen LogP contribution >= 0.6 is 0 Å². The summed E-state index contributed by atoms with van der Waals surface area (Å²) in [6, 6.07) is 0. The van der Waals surface area contributed by atoms with Crippen LogP contribution in [0.5, 0.6) is 0 Å². The van der Waals surface area contributed by atoms with Crippen molar-refractivity contribution in [1.82, 2.24) is 10.2 Å². The molecule has 0 aromatic rings. The standard InChI is InChI=1S/C15H28N2O2/c1-10(2)6-16-15(18)13-5-12-8-17(7-11(3)4)9-14(13)19-12/h10-14H,5-9H2,1-4H3,(H,16,18)/t12-,13+,14-/m0/s1. The Hall–Kier alpha value is -0.610. The fourth-order valence-corrected chi connectivity index (χ4v) is 3.11. The Morgan fingerprint density at radius 2 is 2.00 bits per heavy atom. The van der Waals surface area contributed by atoms with Gasteiger partial charge in [0.2, 0.25) is 5.91 Å². The van der Waals surface area contributed by atoms with Crippen molar-refractivity contribution in [1.29, 1.82) is 0 Å². The van der Waals surface area contributed by atoms with E-state index in [4.69, 9.17) is 4.74 Å². The van der Waals surface area contributed by atoms with E-state index in [-0.39, 0.29) is 24.0 Å². The highest BCUT2D eigenvalue weighted by atomic mass is 16.5. The predicted molar refractivity (Wildman–Crippen MR) is 75.9 cm³/mol. The van der Waals surface area contributed by atoms with Crippen LogP contribution in [0.15, 0.2) is 0 Å². The van der Waals surface area contributed by atoms with E-state index in [2.05, 4.69) is 37.9 Å². The van der Waals surface area contributed by atoms with E-state index in [9.17, 15) is 4.79 Å². The smallest absolute Gasteiger partial charge is 0.225 e. The van der Waals surface area contributed by atoms with Gasteiger partial charge in [0.25, 0.3) is 0 Å². The van der Waals surface area contributed by atoms with Gasteiger partial charge >= 0.3 is 0 Å².